The summed E-state index contributed by atoms with van der Waals surface area (Å²) in [5.74, 6) is -0.648. The van der Waals surface area contributed by atoms with Gasteiger partial charge in [-0.2, -0.15) is 0 Å². The Kier molecular flexibility index (Phi) is 5.06. The largest absolute Gasteiger partial charge is 0.321 e. The number of carbonyl (C=O) groups excluding carboxylic acids is 2. The van der Waals surface area contributed by atoms with Gasteiger partial charge in [0.15, 0.2) is 4.84 Å². The minimum Gasteiger partial charge on any atom is -0.321 e. The van der Waals surface area contributed by atoms with Gasteiger partial charge in [0.1, 0.15) is 5.84 Å². The first-order valence-electron chi connectivity index (χ1n) is 7.61. The molecular formula is C18H15Cl2N3O2. The van der Waals surface area contributed by atoms with Crippen molar-refractivity contribution in [1.82, 2.24) is 10.6 Å². The van der Waals surface area contributed by atoms with Crippen LogP contribution in [-0.2, 0) is 16.0 Å². The standard InChI is InChI=1S/C18H15Cl2N3O2/c19-16(20)18(22-14(24)11-12-7-3-1-4-8-12)17(25)21-15(23-18)13-9-5-2-6-10-13/h1-10,16H,11H2,(H,22,24)(H,21,23,25)/t18-/m1/s1. The van der Waals surface area contributed by atoms with Gasteiger partial charge in [-0.05, 0) is 5.56 Å². The van der Waals surface area contributed by atoms with Crippen LogP contribution in [0.4, 0.5) is 0 Å². The fraction of sp³-hybridized carbons (Fsp3) is 0.167. The van der Waals surface area contributed by atoms with Crippen LogP contribution in [0.3, 0.4) is 0 Å². The third-order valence-electron chi connectivity index (χ3n) is 3.77. The summed E-state index contributed by atoms with van der Waals surface area (Å²) in [7, 11) is 0. The number of carbonyl (C=O) groups is 2. The molecule has 3 rings (SSSR count). The summed E-state index contributed by atoms with van der Waals surface area (Å²) >= 11 is 12.0. The van der Waals surface area contributed by atoms with Gasteiger partial charge in [-0.1, -0.05) is 83.9 Å². The monoisotopic (exact) mass is 375 g/mol. The first-order chi connectivity index (χ1) is 12.0. The maximum Gasteiger partial charge on any atom is 0.277 e. The average Bonchev–Trinajstić information content (AvgIpc) is 2.94. The molecule has 0 saturated carbocycles. The van der Waals surface area contributed by atoms with Crippen molar-refractivity contribution in [2.75, 3.05) is 0 Å². The molecule has 1 atom stereocenters. The summed E-state index contributed by atoms with van der Waals surface area (Å²) in [4.78, 5) is 28.0. The van der Waals surface area contributed by atoms with Gasteiger partial charge in [0.05, 0.1) is 6.42 Å². The van der Waals surface area contributed by atoms with Gasteiger partial charge in [-0.25, -0.2) is 4.99 Å². The summed E-state index contributed by atoms with van der Waals surface area (Å²) in [6.07, 6.45) is 0.0898. The van der Waals surface area contributed by atoms with Gasteiger partial charge in [0, 0.05) is 5.56 Å². The zero-order valence-electron chi connectivity index (χ0n) is 13.1. The molecule has 0 spiro atoms. The molecule has 7 heteroatoms. The third-order valence-corrected chi connectivity index (χ3v) is 4.40. The maximum absolute atomic E-state index is 12.5. The van der Waals surface area contributed by atoms with E-state index in [4.69, 9.17) is 23.2 Å². The Morgan fingerprint density at radius 2 is 1.68 bits per heavy atom. The molecular weight excluding hydrogens is 361 g/mol. The molecule has 1 aliphatic heterocycles. The zero-order chi connectivity index (χ0) is 17.9. The van der Waals surface area contributed by atoms with E-state index in [0.717, 1.165) is 5.56 Å². The van der Waals surface area contributed by atoms with E-state index in [2.05, 4.69) is 15.6 Å². The van der Waals surface area contributed by atoms with Gasteiger partial charge >= 0.3 is 0 Å². The summed E-state index contributed by atoms with van der Waals surface area (Å²) in [6, 6.07) is 18.2. The normalized spacial score (nSPS) is 19.5. The molecule has 1 heterocycles. The molecule has 1 aliphatic rings. The summed E-state index contributed by atoms with van der Waals surface area (Å²) in [5.41, 5.74) is -0.245. The zero-order valence-corrected chi connectivity index (χ0v) is 14.6. The van der Waals surface area contributed by atoms with Gasteiger partial charge in [-0.3, -0.25) is 9.59 Å². The van der Waals surface area contributed by atoms with Crippen molar-refractivity contribution < 1.29 is 9.59 Å². The van der Waals surface area contributed by atoms with Crippen molar-refractivity contribution in [2.24, 2.45) is 4.99 Å². The second-order valence-corrected chi connectivity index (χ2v) is 6.65. The predicted molar refractivity (Wildman–Crippen MR) is 97.6 cm³/mol. The molecule has 0 unspecified atom stereocenters. The lowest BCUT2D eigenvalue weighted by Gasteiger charge is -2.25. The number of aliphatic imine (C=N–C) groups is 1. The molecule has 0 radical (unpaired) electrons. The Morgan fingerprint density at radius 3 is 2.28 bits per heavy atom. The Labute approximate surface area is 155 Å². The van der Waals surface area contributed by atoms with Crippen molar-refractivity contribution in [2.45, 2.75) is 16.9 Å². The number of hydrogen-bond acceptors (Lipinski definition) is 3. The van der Waals surface area contributed by atoms with E-state index >= 15 is 0 Å². The van der Waals surface area contributed by atoms with E-state index in [9.17, 15) is 9.59 Å². The van der Waals surface area contributed by atoms with Gasteiger partial charge in [-0.15, -0.1) is 0 Å². The van der Waals surface area contributed by atoms with Crippen LogP contribution in [0, 0.1) is 0 Å². The molecule has 0 aliphatic carbocycles. The third kappa shape index (κ3) is 3.67. The molecule has 25 heavy (non-hydrogen) atoms. The SMILES string of the molecule is O=C(Cc1ccccc1)N[C@]1(C(Cl)Cl)N=C(c2ccccc2)NC1=O. The van der Waals surface area contributed by atoms with Crippen LogP contribution in [0.15, 0.2) is 65.7 Å². The lowest BCUT2D eigenvalue weighted by molar-refractivity contribution is -0.130. The van der Waals surface area contributed by atoms with Gasteiger partial charge < -0.3 is 10.6 Å². The molecule has 2 N–H and O–H groups in total. The number of rotatable bonds is 5. The summed E-state index contributed by atoms with van der Waals surface area (Å²) in [5, 5.41) is 5.23. The van der Waals surface area contributed by atoms with Crippen LogP contribution >= 0.6 is 23.2 Å². The lowest BCUT2D eigenvalue weighted by Crippen LogP contribution is -2.58. The van der Waals surface area contributed by atoms with E-state index in [1.54, 1.807) is 12.1 Å². The summed E-state index contributed by atoms with van der Waals surface area (Å²) in [6.45, 7) is 0. The highest BCUT2D eigenvalue weighted by Crippen LogP contribution is 2.27. The van der Waals surface area contributed by atoms with Crippen LogP contribution in [0.2, 0.25) is 0 Å². The number of halogens is 2. The molecule has 2 aromatic carbocycles. The van der Waals surface area contributed by atoms with Crippen LogP contribution in [-0.4, -0.2) is 28.1 Å². The fourth-order valence-electron chi connectivity index (χ4n) is 2.52. The Hall–Kier alpha value is -2.37. The minimum absolute atomic E-state index is 0.0898. The number of alkyl halides is 2. The Bertz CT molecular complexity index is 810. The molecule has 2 amide bonds. The highest BCUT2D eigenvalue weighted by atomic mass is 35.5. The first-order valence-corrected chi connectivity index (χ1v) is 8.48. The number of hydrogen-bond donors (Lipinski definition) is 2. The Balaban J connectivity index is 1.85. The molecule has 2 aromatic rings. The average molecular weight is 376 g/mol. The van der Waals surface area contributed by atoms with Gasteiger partial charge in [0.25, 0.3) is 5.91 Å². The lowest BCUT2D eigenvalue weighted by atomic mass is 10.1. The van der Waals surface area contributed by atoms with Crippen LogP contribution < -0.4 is 10.6 Å². The van der Waals surface area contributed by atoms with Crippen LogP contribution in [0.5, 0.6) is 0 Å². The summed E-state index contributed by atoms with van der Waals surface area (Å²) < 4.78 is 0. The second kappa shape index (κ2) is 7.25. The van der Waals surface area contributed by atoms with Crippen molar-refractivity contribution in [3.63, 3.8) is 0 Å². The number of benzene rings is 2. The second-order valence-electron chi connectivity index (χ2n) is 5.56. The molecule has 0 fully saturated rings. The first kappa shape index (κ1) is 17.5. The van der Waals surface area contributed by atoms with Crippen molar-refractivity contribution in [3.8, 4) is 0 Å². The topological polar surface area (TPSA) is 70.6 Å². The van der Waals surface area contributed by atoms with Crippen LogP contribution in [0.25, 0.3) is 0 Å². The van der Waals surface area contributed by atoms with E-state index in [1.165, 1.54) is 0 Å². The molecule has 0 saturated heterocycles. The van der Waals surface area contributed by atoms with Crippen molar-refractivity contribution in [3.05, 3.63) is 71.8 Å². The molecule has 0 bridgehead atoms. The fourth-order valence-corrected chi connectivity index (χ4v) is 2.92. The highest BCUT2D eigenvalue weighted by Gasteiger charge is 2.50. The minimum atomic E-state index is -1.75. The number of amides is 2. The van der Waals surface area contributed by atoms with Gasteiger partial charge in [0.2, 0.25) is 11.6 Å². The molecule has 5 nitrogen and oxygen atoms in total. The number of nitrogens with zero attached hydrogens (tertiary/aromatic N) is 1. The van der Waals surface area contributed by atoms with Crippen molar-refractivity contribution in [1.29, 1.82) is 0 Å². The predicted octanol–water partition coefficient (Wildman–Crippen LogP) is 2.42. The molecule has 128 valence electrons. The van der Waals surface area contributed by atoms with E-state index < -0.39 is 22.3 Å². The highest BCUT2D eigenvalue weighted by molar-refractivity contribution is 6.47. The van der Waals surface area contributed by atoms with E-state index in [0.29, 0.717) is 11.4 Å². The smallest absolute Gasteiger partial charge is 0.277 e. The Morgan fingerprint density at radius 1 is 1.08 bits per heavy atom. The number of nitrogens with one attached hydrogen (secondary N) is 2. The van der Waals surface area contributed by atoms with Crippen LogP contribution in [0.1, 0.15) is 11.1 Å². The maximum atomic E-state index is 12.5. The molecule has 0 aromatic heterocycles. The van der Waals surface area contributed by atoms with E-state index in [1.807, 2.05) is 48.5 Å². The van der Waals surface area contributed by atoms with Crippen molar-refractivity contribution >= 4 is 40.9 Å². The quantitative estimate of drug-likeness (QED) is 0.787. The van der Waals surface area contributed by atoms with E-state index in [-0.39, 0.29) is 6.42 Å². The number of amidine groups is 1.